The fraction of sp³-hybridized carbons (Fsp3) is 0.800. The molecule has 8 heteroatoms. The minimum absolute atomic E-state index is 0. The molecule has 1 N–H and O–H groups in total. The van der Waals surface area contributed by atoms with Gasteiger partial charge in [-0.25, -0.2) is 4.99 Å². The molecule has 0 aromatic carbocycles. The Bertz CT molecular complexity index is 416. The van der Waals surface area contributed by atoms with Crippen LogP contribution in [0, 0.1) is 5.92 Å². The zero-order chi connectivity index (χ0) is 16.5. The maximum absolute atomic E-state index is 11.9. The first-order chi connectivity index (χ1) is 10.5. The highest BCUT2D eigenvalue weighted by atomic mass is 127. The van der Waals surface area contributed by atoms with E-state index in [0.717, 1.165) is 25.9 Å². The van der Waals surface area contributed by atoms with Gasteiger partial charge in [0.1, 0.15) is 6.54 Å². The van der Waals surface area contributed by atoms with Gasteiger partial charge in [0.15, 0.2) is 5.96 Å². The Hall–Kier alpha value is -1.06. The van der Waals surface area contributed by atoms with Crippen molar-refractivity contribution in [2.45, 2.75) is 26.7 Å². The van der Waals surface area contributed by atoms with E-state index in [1.807, 2.05) is 18.7 Å². The number of likely N-dealkylation sites (tertiary alicyclic amines) is 1. The maximum atomic E-state index is 11.9. The zero-order valence-corrected chi connectivity index (χ0v) is 16.8. The average Bonchev–Trinajstić information content (AvgIpc) is 2.51. The van der Waals surface area contributed by atoms with E-state index in [4.69, 9.17) is 4.74 Å². The molecule has 1 atom stereocenters. The number of nitrogens with zero attached hydrogens (tertiary/aromatic N) is 3. The largest absolute Gasteiger partial charge is 0.466 e. The van der Waals surface area contributed by atoms with Crippen LogP contribution in [0.25, 0.3) is 0 Å². The van der Waals surface area contributed by atoms with E-state index < -0.39 is 0 Å². The second-order valence-electron chi connectivity index (χ2n) is 5.50. The highest BCUT2D eigenvalue weighted by Crippen LogP contribution is 2.18. The van der Waals surface area contributed by atoms with Crippen LogP contribution in [0.5, 0.6) is 0 Å². The number of nitrogens with one attached hydrogen (secondary N) is 1. The summed E-state index contributed by atoms with van der Waals surface area (Å²) < 4.78 is 5.11. The number of ether oxygens (including phenoxy) is 1. The first-order valence-corrected chi connectivity index (χ1v) is 7.89. The smallest absolute Gasteiger partial charge is 0.310 e. The Kier molecular flexibility index (Phi) is 10.9. The van der Waals surface area contributed by atoms with E-state index in [0.29, 0.717) is 19.1 Å². The Labute approximate surface area is 155 Å². The van der Waals surface area contributed by atoms with Gasteiger partial charge < -0.3 is 19.9 Å². The normalized spacial score (nSPS) is 18.0. The van der Waals surface area contributed by atoms with Crippen molar-refractivity contribution in [1.82, 2.24) is 15.1 Å². The molecule has 0 aromatic heterocycles. The van der Waals surface area contributed by atoms with Gasteiger partial charge in [0.2, 0.25) is 5.91 Å². The first kappa shape index (κ1) is 21.9. The van der Waals surface area contributed by atoms with Gasteiger partial charge in [-0.05, 0) is 26.7 Å². The fourth-order valence-electron chi connectivity index (χ4n) is 2.33. The predicted molar refractivity (Wildman–Crippen MR) is 101 cm³/mol. The highest BCUT2D eigenvalue weighted by molar-refractivity contribution is 14.0. The lowest BCUT2D eigenvalue weighted by Crippen LogP contribution is -2.48. The van der Waals surface area contributed by atoms with Gasteiger partial charge >= 0.3 is 5.97 Å². The Morgan fingerprint density at radius 3 is 2.61 bits per heavy atom. The summed E-state index contributed by atoms with van der Waals surface area (Å²) in [5, 5.41) is 3.19. The number of rotatable bonds is 5. The van der Waals surface area contributed by atoms with Crippen LogP contribution >= 0.6 is 24.0 Å². The van der Waals surface area contributed by atoms with E-state index in [9.17, 15) is 9.59 Å². The third-order valence-corrected chi connectivity index (χ3v) is 3.54. The lowest BCUT2D eigenvalue weighted by atomic mass is 9.98. The molecule has 1 aliphatic heterocycles. The van der Waals surface area contributed by atoms with Crippen LogP contribution in [0.2, 0.25) is 0 Å². The van der Waals surface area contributed by atoms with Crippen LogP contribution in [-0.4, -0.2) is 74.5 Å². The van der Waals surface area contributed by atoms with Crippen molar-refractivity contribution in [1.29, 1.82) is 0 Å². The molecule has 1 rings (SSSR count). The number of aliphatic imine (C=N–C) groups is 1. The van der Waals surface area contributed by atoms with Crippen LogP contribution in [0.3, 0.4) is 0 Å². The lowest BCUT2D eigenvalue weighted by molar-refractivity contribution is -0.149. The SMILES string of the molecule is CCNC(=NCC(=O)N(C)C)N1CCCC(C(=O)OCC)C1.I. The second-order valence-corrected chi connectivity index (χ2v) is 5.50. The molecule has 0 bridgehead atoms. The van der Waals surface area contributed by atoms with Crippen LogP contribution in [0.15, 0.2) is 4.99 Å². The molecule has 0 saturated carbocycles. The van der Waals surface area contributed by atoms with Crippen LogP contribution in [0.1, 0.15) is 26.7 Å². The van der Waals surface area contributed by atoms with Gasteiger partial charge in [-0.1, -0.05) is 0 Å². The van der Waals surface area contributed by atoms with Gasteiger partial charge in [-0.15, -0.1) is 24.0 Å². The van der Waals surface area contributed by atoms with Crippen LogP contribution in [0.4, 0.5) is 0 Å². The summed E-state index contributed by atoms with van der Waals surface area (Å²) in [5.74, 6) is 0.371. The molecule has 1 heterocycles. The molecular weight excluding hydrogens is 411 g/mol. The summed E-state index contributed by atoms with van der Waals surface area (Å²) in [6.45, 7) is 6.44. The van der Waals surface area contributed by atoms with Crippen LogP contribution < -0.4 is 5.32 Å². The quantitative estimate of drug-likeness (QED) is 0.298. The Morgan fingerprint density at radius 1 is 1.35 bits per heavy atom. The van der Waals surface area contributed by atoms with Crippen molar-refractivity contribution in [3.63, 3.8) is 0 Å². The van der Waals surface area contributed by atoms with Crippen molar-refractivity contribution in [2.24, 2.45) is 10.9 Å². The third kappa shape index (κ3) is 7.36. The number of hydrogen-bond acceptors (Lipinski definition) is 4. The average molecular weight is 440 g/mol. The van der Waals surface area contributed by atoms with Crippen molar-refractivity contribution < 1.29 is 14.3 Å². The van der Waals surface area contributed by atoms with Gasteiger partial charge in [-0.3, -0.25) is 9.59 Å². The zero-order valence-electron chi connectivity index (χ0n) is 14.5. The molecule has 0 aromatic rings. The molecule has 1 unspecified atom stereocenters. The van der Waals surface area contributed by atoms with Crippen molar-refractivity contribution in [2.75, 3.05) is 46.9 Å². The summed E-state index contributed by atoms with van der Waals surface area (Å²) >= 11 is 0. The standard InChI is InChI=1S/C15H28N4O3.HI/c1-5-16-15(17-10-13(20)18(3)4)19-9-7-8-12(11-19)14(21)22-6-2;/h12H,5-11H2,1-4H3,(H,16,17);1H. The molecule has 1 aliphatic rings. The summed E-state index contributed by atoms with van der Waals surface area (Å²) in [4.78, 5) is 31.5. The van der Waals surface area contributed by atoms with Crippen molar-refractivity contribution in [3.8, 4) is 0 Å². The van der Waals surface area contributed by atoms with Crippen LogP contribution in [-0.2, 0) is 14.3 Å². The van der Waals surface area contributed by atoms with Gasteiger partial charge in [0.25, 0.3) is 0 Å². The molecule has 1 saturated heterocycles. The van der Waals surface area contributed by atoms with E-state index in [1.54, 1.807) is 14.1 Å². The van der Waals surface area contributed by atoms with Crippen molar-refractivity contribution >= 4 is 41.8 Å². The minimum Gasteiger partial charge on any atom is -0.466 e. The molecule has 0 spiro atoms. The third-order valence-electron chi connectivity index (χ3n) is 3.54. The monoisotopic (exact) mass is 440 g/mol. The number of piperidine rings is 1. The molecule has 1 amide bonds. The molecule has 0 radical (unpaired) electrons. The van der Waals surface area contributed by atoms with Crippen molar-refractivity contribution in [3.05, 3.63) is 0 Å². The molecule has 134 valence electrons. The lowest BCUT2D eigenvalue weighted by Gasteiger charge is -2.34. The van der Waals surface area contributed by atoms with E-state index in [2.05, 4.69) is 10.3 Å². The van der Waals surface area contributed by atoms with Gasteiger partial charge in [-0.2, -0.15) is 0 Å². The molecule has 23 heavy (non-hydrogen) atoms. The number of guanidine groups is 1. The fourth-order valence-corrected chi connectivity index (χ4v) is 2.33. The number of amides is 1. The number of esters is 1. The molecule has 7 nitrogen and oxygen atoms in total. The van der Waals surface area contributed by atoms with E-state index >= 15 is 0 Å². The highest BCUT2D eigenvalue weighted by Gasteiger charge is 2.28. The topological polar surface area (TPSA) is 74.2 Å². The number of hydrogen-bond donors (Lipinski definition) is 1. The molecular formula is C15H29IN4O3. The number of carbonyl (C=O) groups is 2. The number of carbonyl (C=O) groups excluding carboxylic acids is 2. The van der Waals surface area contributed by atoms with E-state index in [1.165, 1.54) is 4.90 Å². The molecule has 0 aliphatic carbocycles. The minimum atomic E-state index is -0.146. The maximum Gasteiger partial charge on any atom is 0.310 e. The number of likely N-dealkylation sites (N-methyl/N-ethyl adjacent to an activating group) is 1. The second kappa shape index (κ2) is 11.5. The summed E-state index contributed by atoms with van der Waals surface area (Å²) in [6.07, 6.45) is 1.75. The summed E-state index contributed by atoms with van der Waals surface area (Å²) in [6, 6.07) is 0. The van der Waals surface area contributed by atoms with Gasteiger partial charge in [0.05, 0.1) is 12.5 Å². The predicted octanol–water partition coefficient (Wildman–Crippen LogP) is 0.933. The number of halogens is 1. The Morgan fingerprint density at radius 2 is 2.04 bits per heavy atom. The first-order valence-electron chi connectivity index (χ1n) is 7.89. The van der Waals surface area contributed by atoms with Gasteiger partial charge in [0, 0.05) is 33.7 Å². The summed E-state index contributed by atoms with van der Waals surface area (Å²) in [5.41, 5.74) is 0. The summed E-state index contributed by atoms with van der Waals surface area (Å²) in [7, 11) is 3.42. The molecule has 1 fully saturated rings. The Balaban J connectivity index is 0.00000484. The van der Waals surface area contributed by atoms with E-state index in [-0.39, 0.29) is 48.3 Å².